The summed E-state index contributed by atoms with van der Waals surface area (Å²) >= 11 is 1.53. The van der Waals surface area contributed by atoms with Gasteiger partial charge in [0.1, 0.15) is 12.6 Å². The van der Waals surface area contributed by atoms with Gasteiger partial charge in [0.05, 0.1) is 5.69 Å². The van der Waals surface area contributed by atoms with Crippen molar-refractivity contribution in [2.24, 2.45) is 0 Å². The van der Waals surface area contributed by atoms with Crippen LogP contribution in [-0.2, 0) is 26.7 Å². The number of aliphatic carboxylic acids is 1. The number of nitrogens with one attached hydrogen (secondary N) is 1. The summed E-state index contributed by atoms with van der Waals surface area (Å²) in [6.45, 7) is 1.68. The van der Waals surface area contributed by atoms with Crippen LogP contribution in [0.5, 0.6) is 0 Å². The lowest BCUT2D eigenvalue weighted by molar-refractivity contribution is -0.141. The SMILES string of the molecule is COCc1cc(CSCCC(NC(C)=O)C(=O)O)no1. The predicted octanol–water partition coefficient (Wildman–Crippen LogP) is 1.03. The normalized spacial score (nSPS) is 12.1. The number of carbonyl (C=O) groups excluding carboxylic acids is 1. The summed E-state index contributed by atoms with van der Waals surface area (Å²) < 4.78 is 9.95. The zero-order valence-corrected chi connectivity index (χ0v) is 12.2. The second-order valence-electron chi connectivity index (χ2n) is 4.15. The topological polar surface area (TPSA) is 102 Å². The van der Waals surface area contributed by atoms with Gasteiger partial charge in [-0.05, 0) is 12.2 Å². The van der Waals surface area contributed by atoms with Crippen molar-refractivity contribution in [3.8, 4) is 0 Å². The summed E-state index contributed by atoms with van der Waals surface area (Å²) in [5.41, 5.74) is 0.786. The van der Waals surface area contributed by atoms with Crippen LogP contribution in [0.25, 0.3) is 0 Å². The Hall–Kier alpha value is -1.54. The first-order chi connectivity index (χ1) is 9.52. The summed E-state index contributed by atoms with van der Waals surface area (Å²) in [7, 11) is 1.57. The number of amides is 1. The van der Waals surface area contributed by atoms with Gasteiger partial charge in [-0.3, -0.25) is 4.79 Å². The van der Waals surface area contributed by atoms with Crippen molar-refractivity contribution >= 4 is 23.6 Å². The molecule has 1 atom stereocenters. The highest BCUT2D eigenvalue weighted by atomic mass is 32.2. The molecule has 20 heavy (non-hydrogen) atoms. The van der Waals surface area contributed by atoms with Crippen LogP contribution in [0.3, 0.4) is 0 Å². The molecule has 1 heterocycles. The van der Waals surface area contributed by atoms with Gasteiger partial charge in [-0.25, -0.2) is 4.79 Å². The number of nitrogens with zero attached hydrogens (tertiary/aromatic N) is 1. The van der Waals surface area contributed by atoms with Crippen LogP contribution in [0, 0.1) is 0 Å². The van der Waals surface area contributed by atoms with Crippen LogP contribution >= 0.6 is 11.8 Å². The lowest BCUT2D eigenvalue weighted by Gasteiger charge is -2.12. The van der Waals surface area contributed by atoms with E-state index in [2.05, 4.69) is 10.5 Å². The molecule has 2 N–H and O–H groups in total. The molecule has 0 aliphatic carbocycles. The van der Waals surface area contributed by atoms with Crippen molar-refractivity contribution in [3.63, 3.8) is 0 Å². The molecule has 1 aromatic heterocycles. The molecule has 0 aromatic carbocycles. The van der Waals surface area contributed by atoms with E-state index in [1.54, 1.807) is 13.2 Å². The Bertz CT molecular complexity index is 449. The van der Waals surface area contributed by atoms with Gasteiger partial charge in [-0.2, -0.15) is 11.8 Å². The number of carbonyl (C=O) groups is 2. The van der Waals surface area contributed by atoms with E-state index < -0.39 is 12.0 Å². The van der Waals surface area contributed by atoms with Crippen LogP contribution in [0.1, 0.15) is 24.8 Å². The van der Waals surface area contributed by atoms with Crippen LogP contribution in [-0.4, -0.2) is 41.0 Å². The Morgan fingerprint density at radius 1 is 1.60 bits per heavy atom. The molecular weight excluding hydrogens is 284 g/mol. The fraction of sp³-hybridized carbons (Fsp3) is 0.583. The second-order valence-corrected chi connectivity index (χ2v) is 5.26. The van der Waals surface area contributed by atoms with E-state index in [0.717, 1.165) is 5.69 Å². The molecule has 0 spiro atoms. The number of carboxylic acid groups (broad SMARTS) is 1. The molecule has 0 saturated carbocycles. The zero-order valence-electron chi connectivity index (χ0n) is 11.4. The smallest absolute Gasteiger partial charge is 0.326 e. The Kier molecular flexibility index (Phi) is 7.10. The van der Waals surface area contributed by atoms with Crippen molar-refractivity contribution in [1.29, 1.82) is 0 Å². The summed E-state index contributed by atoms with van der Waals surface area (Å²) in [5, 5.41) is 15.2. The Balaban J connectivity index is 2.28. The quantitative estimate of drug-likeness (QED) is 0.657. The number of hydrogen-bond acceptors (Lipinski definition) is 6. The number of hydrogen-bond donors (Lipinski definition) is 2. The molecule has 1 aromatic rings. The summed E-state index contributed by atoms with van der Waals surface area (Å²) in [6.07, 6.45) is 0.363. The third-order valence-electron chi connectivity index (χ3n) is 2.37. The van der Waals surface area contributed by atoms with Gasteiger partial charge in [-0.1, -0.05) is 5.16 Å². The highest BCUT2D eigenvalue weighted by Crippen LogP contribution is 2.14. The molecule has 1 unspecified atom stereocenters. The molecule has 0 aliphatic heterocycles. The van der Waals surface area contributed by atoms with Gasteiger partial charge >= 0.3 is 5.97 Å². The maximum Gasteiger partial charge on any atom is 0.326 e. The van der Waals surface area contributed by atoms with Gasteiger partial charge in [-0.15, -0.1) is 0 Å². The molecule has 0 radical (unpaired) electrons. The summed E-state index contributed by atoms with van der Waals surface area (Å²) in [4.78, 5) is 21.8. The first kappa shape index (κ1) is 16.5. The van der Waals surface area contributed by atoms with Crippen LogP contribution in [0.4, 0.5) is 0 Å². The Morgan fingerprint density at radius 3 is 2.95 bits per heavy atom. The van der Waals surface area contributed by atoms with Crippen molar-refractivity contribution in [3.05, 3.63) is 17.5 Å². The first-order valence-electron chi connectivity index (χ1n) is 6.04. The fourth-order valence-corrected chi connectivity index (χ4v) is 2.41. The average molecular weight is 302 g/mol. The molecule has 0 aliphatic rings. The van der Waals surface area contributed by atoms with Crippen LogP contribution in [0.15, 0.2) is 10.6 Å². The molecule has 0 saturated heterocycles. The largest absolute Gasteiger partial charge is 0.480 e. The van der Waals surface area contributed by atoms with E-state index in [1.807, 2.05) is 0 Å². The molecular formula is C12H18N2O5S. The van der Waals surface area contributed by atoms with Crippen molar-refractivity contribution < 1.29 is 24.0 Å². The van der Waals surface area contributed by atoms with Crippen LogP contribution < -0.4 is 5.32 Å². The second kappa shape index (κ2) is 8.60. The maximum atomic E-state index is 10.9. The minimum absolute atomic E-state index is 0.344. The molecule has 0 fully saturated rings. The first-order valence-corrected chi connectivity index (χ1v) is 7.19. The summed E-state index contributed by atoms with van der Waals surface area (Å²) in [5.74, 6) is 0.515. The van der Waals surface area contributed by atoms with Gasteiger partial charge in [0.2, 0.25) is 5.91 Å². The summed E-state index contributed by atoms with van der Waals surface area (Å²) in [6, 6.07) is 0.959. The van der Waals surface area contributed by atoms with Crippen molar-refractivity contribution in [2.45, 2.75) is 31.7 Å². The molecule has 112 valence electrons. The molecule has 1 amide bonds. The molecule has 1 rings (SSSR count). The molecule has 8 heteroatoms. The molecule has 0 bridgehead atoms. The third kappa shape index (κ3) is 6.07. The number of ether oxygens (including phenoxy) is 1. The number of aromatic nitrogens is 1. The minimum Gasteiger partial charge on any atom is -0.480 e. The number of methoxy groups -OCH3 is 1. The fourth-order valence-electron chi connectivity index (χ4n) is 1.51. The van der Waals surface area contributed by atoms with E-state index in [0.29, 0.717) is 30.3 Å². The van der Waals surface area contributed by atoms with Gasteiger partial charge in [0, 0.05) is 25.9 Å². The Labute approximate surface area is 121 Å². The Morgan fingerprint density at radius 2 is 2.35 bits per heavy atom. The predicted molar refractivity (Wildman–Crippen MR) is 73.2 cm³/mol. The van der Waals surface area contributed by atoms with Gasteiger partial charge in [0.15, 0.2) is 5.76 Å². The highest BCUT2D eigenvalue weighted by molar-refractivity contribution is 7.98. The number of rotatable bonds is 9. The standard InChI is InChI=1S/C12H18N2O5S/c1-8(15)13-11(12(16)17)3-4-20-7-9-5-10(6-18-2)19-14-9/h5,11H,3-4,6-7H2,1-2H3,(H,13,15)(H,16,17). The van der Waals surface area contributed by atoms with E-state index in [1.165, 1.54) is 18.7 Å². The maximum absolute atomic E-state index is 10.9. The average Bonchev–Trinajstić information content (AvgIpc) is 2.80. The van der Waals surface area contributed by atoms with E-state index in [9.17, 15) is 9.59 Å². The van der Waals surface area contributed by atoms with Crippen molar-refractivity contribution in [2.75, 3.05) is 12.9 Å². The highest BCUT2D eigenvalue weighted by Gasteiger charge is 2.17. The monoisotopic (exact) mass is 302 g/mol. The van der Waals surface area contributed by atoms with Gasteiger partial charge < -0.3 is 19.7 Å². The van der Waals surface area contributed by atoms with E-state index >= 15 is 0 Å². The lowest BCUT2D eigenvalue weighted by atomic mass is 10.2. The van der Waals surface area contributed by atoms with Crippen molar-refractivity contribution in [1.82, 2.24) is 10.5 Å². The minimum atomic E-state index is -1.02. The number of carboxylic acids is 1. The van der Waals surface area contributed by atoms with E-state index in [4.69, 9.17) is 14.4 Å². The van der Waals surface area contributed by atoms with Gasteiger partial charge in [0.25, 0.3) is 0 Å². The zero-order chi connectivity index (χ0) is 15.0. The van der Waals surface area contributed by atoms with Crippen LogP contribution in [0.2, 0.25) is 0 Å². The lowest BCUT2D eigenvalue weighted by Crippen LogP contribution is -2.39. The van der Waals surface area contributed by atoms with E-state index in [-0.39, 0.29) is 5.91 Å². The third-order valence-corrected chi connectivity index (χ3v) is 3.40. The number of thioether (sulfide) groups is 1. The molecule has 7 nitrogen and oxygen atoms in total.